The third kappa shape index (κ3) is 3.05. The van der Waals surface area contributed by atoms with E-state index in [4.69, 9.17) is 0 Å². The number of carbonyl (C=O) groups excluding carboxylic acids is 1. The molecule has 1 aromatic rings. The topological polar surface area (TPSA) is 61.4 Å². The van der Waals surface area contributed by atoms with Crippen LogP contribution in [0.3, 0.4) is 0 Å². The lowest BCUT2D eigenvalue weighted by atomic mass is 10.1. The fourth-order valence-electron chi connectivity index (χ4n) is 2.12. The number of aliphatic hydroxyl groups is 1. The minimum Gasteiger partial charge on any atom is -0.391 e. The SMILES string of the molecule is Cc1cc(F)cc(C(=O)NCC2CNCC2O)c1. The maximum atomic E-state index is 13.2. The summed E-state index contributed by atoms with van der Waals surface area (Å²) in [5.41, 5.74) is 1.02. The molecule has 98 valence electrons. The van der Waals surface area contributed by atoms with Crippen LogP contribution in [0, 0.1) is 18.7 Å². The van der Waals surface area contributed by atoms with Crippen LogP contribution in [0.4, 0.5) is 4.39 Å². The van der Waals surface area contributed by atoms with Crippen molar-refractivity contribution in [2.45, 2.75) is 13.0 Å². The number of rotatable bonds is 3. The van der Waals surface area contributed by atoms with E-state index in [1.807, 2.05) is 0 Å². The number of aliphatic hydroxyl groups excluding tert-OH is 1. The van der Waals surface area contributed by atoms with Crippen LogP contribution in [0.2, 0.25) is 0 Å². The van der Waals surface area contributed by atoms with E-state index in [0.717, 1.165) is 0 Å². The minimum atomic E-state index is -0.431. The van der Waals surface area contributed by atoms with Crippen LogP contribution in [0.5, 0.6) is 0 Å². The van der Waals surface area contributed by atoms with Gasteiger partial charge in [0, 0.05) is 31.1 Å². The summed E-state index contributed by atoms with van der Waals surface area (Å²) >= 11 is 0. The molecule has 2 rings (SSSR count). The Bertz CT molecular complexity index is 430. The van der Waals surface area contributed by atoms with Gasteiger partial charge in [-0.05, 0) is 30.7 Å². The third-order valence-corrected chi connectivity index (χ3v) is 3.13. The van der Waals surface area contributed by atoms with E-state index < -0.39 is 11.9 Å². The Kier molecular flexibility index (Phi) is 3.93. The molecule has 1 saturated heterocycles. The van der Waals surface area contributed by atoms with E-state index in [9.17, 15) is 14.3 Å². The first-order valence-corrected chi connectivity index (χ1v) is 6.00. The van der Waals surface area contributed by atoms with Crippen molar-refractivity contribution in [3.8, 4) is 0 Å². The van der Waals surface area contributed by atoms with Crippen molar-refractivity contribution in [2.75, 3.05) is 19.6 Å². The summed E-state index contributed by atoms with van der Waals surface area (Å²) in [5.74, 6) is -0.706. The van der Waals surface area contributed by atoms with Crippen LogP contribution in [0.15, 0.2) is 18.2 Å². The van der Waals surface area contributed by atoms with Crippen LogP contribution in [-0.2, 0) is 0 Å². The van der Waals surface area contributed by atoms with E-state index in [0.29, 0.717) is 30.8 Å². The van der Waals surface area contributed by atoms with Crippen molar-refractivity contribution in [2.24, 2.45) is 5.92 Å². The van der Waals surface area contributed by atoms with Gasteiger partial charge in [-0.3, -0.25) is 4.79 Å². The number of β-amino-alcohol motifs (C(OH)–C–C–N with tert-alkyl or cyclic N) is 1. The molecule has 1 fully saturated rings. The van der Waals surface area contributed by atoms with Gasteiger partial charge < -0.3 is 15.7 Å². The van der Waals surface area contributed by atoms with Gasteiger partial charge in [0.25, 0.3) is 5.91 Å². The highest BCUT2D eigenvalue weighted by molar-refractivity contribution is 5.94. The number of hydrogen-bond donors (Lipinski definition) is 3. The van der Waals surface area contributed by atoms with Gasteiger partial charge in [-0.25, -0.2) is 4.39 Å². The highest BCUT2D eigenvalue weighted by Crippen LogP contribution is 2.10. The summed E-state index contributed by atoms with van der Waals surface area (Å²) in [5, 5.41) is 15.3. The molecule has 1 aromatic carbocycles. The Morgan fingerprint density at radius 1 is 1.50 bits per heavy atom. The number of carbonyl (C=O) groups is 1. The summed E-state index contributed by atoms with van der Waals surface area (Å²) in [6.07, 6.45) is -0.431. The smallest absolute Gasteiger partial charge is 0.251 e. The average molecular weight is 252 g/mol. The molecular formula is C13H17FN2O2. The quantitative estimate of drug-likeness (QED) is 0.731. The minimum absolute atomic E-state index is 0.0172. The molecular weight excluding hydrogens is 235 g/mol. The molecule has 0 aromatic heterocycles. The van der Waals surface area contributed by atoms with E-state index >= 15 is 0 Å². The van der Waals surface area contributed by atoms with Crippen molar-refractivity contribution >= 4 is 5.91 Å². The molecule has 3 N–H and O–H groups in total. The van der Waals surface area contributed by atoms with Gasteiger partial charge in [-0.2, -0.15) is 0 Å². The van der Waals surface area contributed by atoms with Gasteiger partial charge in [-0.1, -0.05) is 0 Å². The van der Waals surface area contributed by atoms with Gasteiger partial charge in [0.15, 0.2) is 0 Å². The van der Waals surface area contributed by atoms with E-state index in [1.165, 1.54) is 12.1 Å². The van der Waals surface area contributed by atoms with E-state index in [1.54, 1.807) is 13.0 Å². The van der Waals surface area contributed by atoms with Gasteiger partial charge in [0.05, 0.1) is 6.10 Å². The average Bonchev–Trinajstić information content (AvgIpc) is 2.70. The number of halogens is 1. The Morgan fingerprint density at radius 2 is 2.28 bits per heavy atom. The normalized spacial score (nSPS) is 23.1. The molecule has 5 heteroatoms. The summed E-state index contributed by atoms with van der Waals surface area (Å²) in [7, 11) is 0. The third-order valence-electron chi connectivity index (χ3n) is 3.13. The van der Waals surface area contributed by atoms with Crippen molar-refractivity contribution in [3.63, 3.8) is 0 Å². The highest BCUT2D eigenvalue weighted by atomic mass is 19.1. The molecule has 0 spiro atoms. The molecule has 4 nitrogen and oxygen atoms in total. The monoisotopic (exact) mass is 252 g/mol. The molecule has 0 radical (unpaired) electrons. The molecule has 0 bridgehead atoms. The zero-order valence-electron chi connectivity index (χ0n) is 10.2. The molecule has 1 amide bonds. The number of aryl methyl sites for hydroxylation is 1. The number of amides is 1. The molecule has 1 aliphatic rings. The van der Waals surface area contributed by atoms with E-state index in [-0.39, 0.29) is 11.8 Å². The molecule has 18 heavy (non-hydrogen) atoms. The molecule has 1 aliphatic heterocycles. The first-order chi connectivity index (χ1) is 8.56. The van der Waals surface area contributed by atoms with Gasteiger partial charge in [0.2, 0.25) is 0 Å². The highest BCUT2D eigenvalue weighted by Gasteiger charge is 2.25. The number of hydrogen-bond acceptors (Lipinski definition) is 3. The van der Waals surface area contributed by atoms with Crippen molar-refractivity contribution in [1.82, 2.24) is 10.6 Å². The first-order valence-electron chi connectivity index (χ1n) is 6.00. The maximum absolute atomic E-state index is 13.2. The molecule has 0 aliphatic carbocycles. The Labute approximate surface area is 105 Å². The Balaban J connectivity index is 1.95. The Hall–Kier alpha value is -1.46. The summed E-state index contributed by atoms with van der Waals surface area (Å²) < 4.78 is 13.2. The number of nitrogens with one attached hydrogen (secondary N) is 2. The maximum Gasteiger partial charge on any atom is 0.251 e. The summed E-state index contributed by atoms with van der Waals surface area (Å²) in [6, 6.07) is 4.23. The van der Waals surface area contributed by atoms with Crippen LogP contribution >= 0.6 is 0 Å². The second-order valence-corrected chi connectivity index (χ2v) is 4.71. The predicted molar refractivity (Wildman–Crippen MR) is 65.8 cm³/mol. The zero-order chi connectivity index (χ0) is 13.1. The standard InChI is InChI=1S/C13H17FN2O2/c1-8-2-9(4-11(14)3-8)13(18)16-6-10-5-15-7-12(10)17/h2-4,10,12,15,17H,5-7H2,1H3,(H,16,18). The van der Waals surface area contributed by atoms with Gasteiger partial charge >= 0.3 is 0 Å². The second kappa shape index (κ2) is 5.46. The fraction of sp³-hybridized carbons (Fsp3) is 0.462. The van der Waals surface area contributed by atoms with Gasteiger partial charge in [-0.15, -0.1) is 0 Å². The fourth-order valence-corrected chi connectivity index (χ4v) is 2.12. The van der Waals surface area contributed by atoms with Gasteiger partial charge in [0.1, 0.15) is 5.82 Å². The largest absolute Gasteiger partial charge is 0.391 e. The lowest BCUT2D eigenvalue weighted by Gasteiger charge is -2.14. The second-order valence-electron chi connectivity index (χ2n) is 4.71. The molecule has 2 unspecified atom stereocenters. The lowest BCUT2D eigenvalue weighted by Crippen LogP contribution is -2.34. The van der Waals surface area contributed by atoms with Crippen molar-refractivity contribution in [1.29, 1.82) is 0 Å². The molecule has 0 saturated carbocycles. The van der Waals surface area contributed by atoms with Crippen LogP contribution in [0.1, 0.15) is 15.9 Å². The number of benzene rings is 1. The Morgan fingerprint density at radius 3 is 2.89 bits per heavy atom. The van der Waals surface area contributed by atoms with Crippen molar-refractivity contribution < 1.29 is 14.3 Å². The summed E-state index contributed by atoms with van der Waals surface area (Å²) in [4.78, 5) is 11.8. The zero-order valence-corrected chi connectivity index (χ0v) is 10.2. The van der Waals surface area contributed by atoms with Crippen LogP contribution in [0.25, 0.3) is 0 Å². The molecule has 1 heterocycles. The van der Waals surface area contributed by atoms with Crippen molar-refractivity contribution in [3.05, 3.63) is 35.1 Å². The van der Waals surface area contributed by atoms with Crippen LogP contribution in [-0.4, -0.2) is 36.8 Å². The molecule has 2 atom stereocenters. The van der Waals surface area contributed by atoms with E-state index in [2.05, 4.69) is 10.6 Å². The first kappa shape index (κ1) is 13.0. The summed E-state index contributed by atoms with van der Waals surface area (Å²) in [6.45, 7) is 3.37. The lowest BCUT2D eigenvalue weighted by molar-refractivity contribution is 0.0926. The predicted octanol–water partition coefficient (Wildman–Crippen LogP) is 0.444. The van der Waals surface area contributed by atoms with Crippen LogP contribution < -0.4 is 10.6 Å².